The highest BCUT2D eigenvalue weighted by molar-refractivity contribution is 5.74. The van der Waals surface area contributed by atoms with E-state index in [-0.39, 0.29) is 0 Å². The van der Waals surface area contributed by atoms with Crippen LogP contribution < -0.4 is 5.32 Å². The van der Waals surface area contributed by atoms with Gasteiger partial charge in [-0.3, -0.25) is 0 Å². The third kappa shape index (κ3) is 1.48. The van der Waals surface area contributed by atoms with Crippen molar-refractivity contribution in [2.75, 3.05) is 5.32 Å². The van der Waals surface area contributed by atoms with Gasteiger partial charge in [0.05, 0.1) is 0 Å². The van der Waals surface area contributed by atoms with E-state index in [1.54, 1.807) is 0 Å². The number of hydrogen-bond donors (Lipinski definition) is 1. The van der Waals surface area contributed by atoms with E-state index in [2.05, 4.69) is 24.1 Å². The molecule has 1 heterocycles. The van der Waals surface area contributed by atoms with Crippen LogP contribution in [0, 0.1) is 5.41 Å². The second-order valence-electron chi connectivity index (χ2n) is 4.88. The summed E-state index contributed by atoms with van der Waals surface area (Å²) in [5, 5.41) is 3.32. The molecule has 3 rings (SSSR count). The molecule has 78 valence electrons. The largest absolute Gasteiger partial charge is 0.424 e. The average molecular weight is 202 g/mol. The Balaban J connectivity index is 1.87. The fourth-order valence-electron chi connectivity index (χ4n) is 1.80. The number of rotatable bonds is 2. The average Bonchev–Trinajstić information content (AvgIpc) is 2.61. The lowest BCUT2D eigenvalue weighted by molar-refractivity contribution is 0.588. The predicted octanol–water partition coefficient (Wildman–Crippen LogP) is 3.04. The number of anilines is 1. The van der Waals surface area contributed by atoms with Crippen LogP contribution in [0.25, 0.3) is 11.1 Å². The molecule has 1 fully saturated rings. The molecular weight excluding hydrogens is 188 g/mol. The summed E-state index contributed by atoms with van der Waals surface area (Å²) in [6.45, 7) is 4.49. The molecule has 1 aliphatic carbocycles. The van der Waals surface area contributed by atoms with Gasteiger partial charge < -0.3 is 9.73 Å². The van der Waals surface area contributed by atoms with E-state index < -0.39 is 0 Å². The van der Waals surface area contributed by atoms with E-state index in [4.69, 9.17) is 4.42 Å². The van der Waals surface area contributed by atoms with Gasteiger partial charge in [0, 0.05) is 6.04 Å². The van der Waals surface area contributed by atoms with Crippen LogP contribution in [0.15, 0.2) is 28.7 Å². The van der Waals surface area contributed by atoms with Crippen molar-refractivity contribution < 1.29 is 4.42 Å². The Kier molecular flexibility index (Phi) is 1.61. The van der Waals surface area contributed by atoms with Crippen molar-refractivity contribution >= 4 is 17.1 Å². The highest BCUT2D eigenvalue weighted by Crippen LogP contribution is 2.46. The molecule has 15 heavy (non-hydrogen) atoms. The number of nitrogens with zero attached hydrogens (tertiary/aromatic N) is 1. The quantitative estimate of drug-likeness (QED) is 0.813. The van der Waals surface area contributed by atoms with E-state index in [0.29, 0.717) is 17.5 Å². The summed E-state index contributed by atoms with van der Waals surface area (Å²) >= 11 is 0. The molecule has 1 unspecified atom stereocenters. The number of benzene rings is 1. The van der Waals surface area contributed by atoms with Gasteiger partial charge in [0.15, 0.2) is 5.58 Å². The number of aromatic nitrogens is 1. The van der Waals surface area contributed by atoms with Crippen molar-refractivity contribution in [2.24, 2.45) is 5.41 Å². The van der Waals surface area contributed by atoms with Crippen LogP contribution in [-0.2, 0) is 0 Å². The van der Waals surface area contributed by atoms with Gasteiger partial charge >= 0.3 is 0 Å². The van der Waals surface area contributed by atoms with Gasteiger partial charge in [-0.05, 0) is 24.0 Å². The molecule has 0 bridgehead atoms. The van der Waals surface area contributed by atoms with Gasteiger partial charge in [-0.15, -0.1) is 0 Å². The second-order valence-corrected chi connectivity index (χ2v) is 4.88. The molecule has 0 aliphatic heterocycles. The van der Waals surface area contributed by atoms with Crippen LogP contribution in [0.5, 0.6) is 0 Å². The Bertz CT molecular complexity index is 468. The highest BCUT2D eigenvalue weighted by Gasteiger charge is 2.46. The molecule has 0 saturated heterocycles. The van der Waals surface area contributed by atoms with Crippen molar-refractivity contribution in [3.05, 3.63) is 24.3 Å². The van der Waals surface area contributed by atoms with Crippen LogP contribution in [0.4, 0.5) is 6.01 Å². The van der Waals surface area contributed by atoms with Crippen molar-refractivity contribution in [1.82, 2.24) is 4.98 Å². The Labute approximate surface area is 88.5 Å². The SMILES string of the molecule is CC1(C)CC1Nc1nc2ccccc2o1. The minimum Gasteiger partial charge on any atom is -0.424 e. The molecule has 1 aromatic carbocycles. The maximum absolute atomic E-state index is 5.59. The molecule has 1 N–H and O–H groups in total. The maximum atomic E-state index is 5.59. The summed E-state index contributed by atoms with van der Waals surface area (Å²) in [4.78, 5) is 4.38. The van der Waals surface area contributed by atoms with E-state index in [1.165, 1.54) is 6.42 Å². The number of para-hydroxylation sites is 2. The summed E-state index contributed by atoms with van der Waals surface area (Å²) < 4.78 is 5.59. The van der Waals surface area contributed by atoms with Crippen LogP contribution in [-0.4, -0.2) is 11.0 Å². The second kappa shape index (κ2) is 2.75. The van der Waals surface area contributed by atoms with Crippen molar-refractivity contribution in [3.63, 3.8) is 0 Å². The van der Waals surface area contributed by atoms with Crippen LogP contribution >= 0.6 is 0 Å². The lowest BCUT2D eigenvalue weighted by atomic mass is 10.2. The molecule has 1 atom stereocenters. The lowest BCUT2D eigenvalue weighted by Crippen LogP contribution is -2.08. The number of oxazole rings is 1. The monoisotopic (exact) mass is 202 g/mol. The third-order valence-electron chi connectivity index (χ3n) is 3.11. The van der Waals surface area contributed by atoms with E-state index >= 15 is 0 Å². The minimum atomic E-state index is 0.390. The fourth-order valence-corrected chi connectivity index (χ4v) is 1.80. The summed E-state index contributed by atoms with van der Waals surface area (Å²) in [6.07, 6.45) is 1.19. The molecule has 0 amide bonds. The predicted molar refractivity (Wildman–Crippen MR) is 59.8 cm³/mol. The maximum Gasteiger partial charge on any atom is 0.295 e. The first-order chi connectivity index (χ1) is 7.15. The molecule has 1 saturated carbocycles. The zero-order valence-corrected chi connectivity index (χ0v) is 8.95. The first-order valence-electron chi connectivity index (χ1n) is 5.27. The molecule has 2 aromatic rings. The molecular formula is C12H14N2O. The Morgan fingerprint density at radius 1 is 1.40 bits per heavy atom. The van der Waals surface area contributed by atoms with E-state index in [0.717, 1.165) is 11.1 Å². The van der Waals surface area contributed by atoms with Gasteiger partial charge in [0.1, 0.15) is 5.52 Å². The smallest absolute Gasteiger partial charge is 0.295 e. The Morgan fingerprint density at radius 3 is 2.80 bits per heavy atom. The normalized spacial score (nSPS) is 22.9. The zero-order chi connectivity index (χ0) is 10.5. The minimum absolute atomic E-state index is 0.390. The Morgan fingerprint density at radius 2 is 2.13 bits per heavy atom. The topological polar surface area (TPSA) is 38.1 Å². The first kappa shape index (κ1) is 8.77. The van der Waals surface area contributed by atoms with Crippen LogP contribution in [0.3, 0.4) is 0 Å². The zero-order valence-electron chi connectivity index (χ0n) is 8.95. The first-order valence-corrected chi connectivity index (χ1v) is 5.27. The highest BCUT2D eigenvalue weighted by atomic mass is 16.4. The summed E-state index contributed by atoms with van der Waals surface area (Å²) in [5.41, 5.74) is 2.15. The van der Waals surface area contributed by atoms with Crippen molar-refractivity contribution in [3.8, 4) is 0 Å². The fraction of sp³-hybridized carbons (Fsp3) is 0.417. The molecule has 0 radical (unpaired) electrons. The van der Waals surface area contributed by atoms with Gasteiger partial charge in [0.25, 0.3) is 6.01 Å². The van der Waals surface area contributed by atoms with E-state index in [9.17, 15) is 0 Å². The van der Waals surface area contributed by atoms with Gasteiger partial charge in [-0.2, -0.15) is 4.98 Å². The van der Waals surface area contributed by atoms with Gasteiger partial charge in [-0.1, -0.05) is 26.0 Å². The van der Waals surface area contributed by atoms with Crippen LogP contribution in [0.1, 0.15) is 20.3 Å². The van der Waals surface area contributed by atoms with Crippen molar-refractivity contribution in [2.45, 2.75) is 26.3 Å². The summed E-state index contributed by atoms with van der Waals surface area (Å²) in [7, 11) is 0. The standard InChI is InChI=1S/C12H14N2O/c1-12(2)7-10(12)14-11-13-8-5-3-4-6-9(8)15-11/h3-6,10H,7H2,1-2H3,(H,13,14). The molecule has 0 spiro atoms. The third-order valence-corrected chi connectivity index (χ3v) is 3.11. The summed E-state index contributed by atoms with van der Waals surface area (Å²) in [6, 6.07) is 8.97. The molecule has 3 heteroatoms. The molecule has 1 aromatic heterocycles. The lowest BCUT2D eigenvalue weighted by Gasteiger charge is -2.02. The van der Waals surface area contributed by atoms with E-state index in [1.807, 2.05) is 24.3 Å². The van der Waals surface area contributed by atoms with Gasteiger partial charge in [-0.25, -0.2) is 0 Å². The summed E-state index contributed by atoms with van der Waals surface area (Å²) in [5.74, 6) is 0. The Hall–Kier alpha value is -1.51. The van der Waals surface area contributed by atoms with Crippen molar-refractivity contribution in [1.29, 1.82) is 0 Å². The number of hydrogen-bond acceptors (Lipinski definition) is 3. The molecule has 1 aliphatic rings. The van der Waals surface area contributed by atoms with Gasteiger partial charge in [0.2, 0.25) is 0 Å². The number of nitrogens with one attached hydrogen (secondary N) is 1. The molecule has 3 nitrogen and oxygen atoms in total. The van der Waals surface area contributed by atoms with Crippen LogP contribution in [0.2, 0.25) is 0 Å². The number of fused-ring (bicyclic) bond motifs is 1.